The molecule has 1 heterocycles. The summed E-state index contributed by atoms with van der Waals surface area (Å²) in [4.78, 5) is 23.4. The fourth-order valence-corrected chi connectivity index (χ4v) is 1.58. The molecule has 0 aliphatic carbocycles. The second-order valence-corrected chi connectivity index (χ2v) is 4.18. The van der Waals surface area contributed by atoms with Crippen LogP contribution in [0, 0.1) is 12.8 Å². The second kappa shape index (κ2) is 7.04. The zero-order chi connectivity index (χ0) is 14.4. The number of hydrogen-bond donors (Lipinski definition) is 0. The molecule has 0 aromatic carbocycles. The number of ether oxygens (including phenoxy) is 2. The van der Waals surface area contributed by atoms with Crippen molar-refractivity contribution >= 4 is 23.5 Å². The fourth-order valence-electron chi connectivity index (χ4n) is 1.38. The summed E-state index contributed by atoms with van der Waals surface area (Å²) in [6, 6.07) is 1.52. The Kier molecular flexibility index (Phi) is 5.69. The predicted octanol–water partition coefficient (Wildman–Crippen LogP) is 1.93. The van der Waals surface area contributed by atoms with E-state index in [4.69, 9.17) is 21.1 Å². The lowest BCUT2D eigenvalue weighted by Crippen LogP contribution is -2.29. The lowest BCUT2D eigenvalue weighted by Gasteiger charge is -2.12. The molecule has 19 heavy (non-hydrogen) atoms. The molecule has 1 rings (SSSR count). The van der Waals surface area contributed by atoms with Gasteiger partial charge in [0.05, 0.1) is 6.61 Å². The topological polar surface area (TPSA) is 78.4 Å². The summed E-state index contributed by atoms with van der Waals surface area (Å²) in [6.07, 6.45) is 0.289. The Bertz CT molecular complexity index is 479. The van der Waals surface area contributed by atoms with Crippen LogP contribution in [0.3, 0.4) is 0 Å². The van der Waals surface area contributed by atoms with Crippen LogP contribution in [0.4, 0.5) is 0 Å². The Morgan fingerprint density at radius 2 is 2.00 bits per heavy atom. The van der Waals surface area contributed by atoms with E-state index in [1.54, 1.807) is 20.8 Å². The van der Waals surface area contributed by atoms with Crippen molar-refractivity contribution in [2.75, 3.05) is 6.61 Å². The van der Waals surface area contributed by atoms with E-state index in [0.717, 1.165) is 0 Å². The summed E-state index contributed by atoms with van der Waals surface area (Å²) in [6.45, 7) is 5.25. The Hall–Kier alpha value is -1.69. The number of carbonyl (C=O) groups excluding carboxylic acids is 2. The fraction of sp³-hybridized carbons (Fsp3) is 0.500. The largest absolute Gasteiger partial charge is 0.465 e. The first kappa shape index (κ1) is 15.4. The van der Waals surface area contributed by atoms with Crippen LogP contribution in [0.5, 0.6) is 5.88 Å². The summed E-state index contributed by atoms with van der Waals surface area (Å²) in [7, 11) is 0. The summed E-state index contributed by atoms with van der Waals surface area (Å²) < 4.78 is 9.85. The first-order chi connectivity index (χ1) is 8.99. The molecule has 0 bridgehead atoms. The molecular weight excluding hydrogens is 272 g/mol. The van der Waals surface area contributed by atoms with Gasteiger partial charge in [-0.15, -0.1) is 10.2 Å². The minimum Gasteiger partial charge on any atom is -0.465 e. The molecule has 0 N–H and O–H groups in total. The van der Waals surface area contributed by atoms with Gasteiger partial charge in [-0.3, -0.25) is 9.59 Å². The van der Waals surface area contributed by atoms with Crippen molar-refractivity contribution in [1.82, 2.24) is 10.2 Å². The van der Waals surface area contributed by atoms with Gasteiger partial charge in [0.2, 0.25) is 5.88 Å². The molecule has 0 aliphatic heterocycles. The molecule has 1 aromatic rings. The normalized spacial score (nSPS) is 11.8. The van der Waals surface area contributed by atoms with Gasteiger partial charge < -0.3 is 9.47 Å². The second-order valence-electron chi connectivity index (χ2n) is 3.79. The summed E-state index contributed by atoms with van der Waals surface area (Å²) in [5.41, 5.74) is 0.562. The van der Waals surface area contributed by atoms with Gasteiger partial charge in [0.1, 0.15) is 0 Å². The van der Waals surface area contributed by atoms with Crippen molar-refractivity contribution in [3.8, 4) is 5.88 Å². The number of hydrogen-bond acceptors (Lipinski definition) is 6. The molecule has 1 atom stereocenters. The van der Waals surface area contributed by atoms with Gasteiger partial charge >= 0.3 is 11.9 Å². The first-order valence-corrected chi connectivity index (χ1v) is 6.25. The zero-order valence-electron chi connectivity index (χ0n) is 11.0. The highest BCUT2D eigenvalue weighted by molar-refractivity contribution is 6.29. The first-order valence-electron chi connectivity index (χ1n) is 5.87. The van der Waals surface area contributed by atoms with Gasteiger partial charge in [-0.1, -0.05) is 18.5 Å². The molecule has 0 saturated carbocycles. The van der Waals surface area contributed by atoms with E-state index in [-0.39, 0.29) is 24.1 Å². The quantitative estimate of drug-likeness (QED) is 0.608. The van der Waals surface area contributed by atoms with Gasteiger partial charge in [-0.2, -0.15) is 0 Å². The molecular formula is C12H15ClN2O4. The maximum Gasteiger partial charge on any atom is 0.327 e. The molecule has 7 heteroatoms. The van der Waals surface area contributed by atoms with Crippen LogP contribution < -0.4 is 4.74 Å². The van der Waals surface area contributed by atoms with Gasteiger partial charge in [0.25, 0.3) is 0 Å². The molecule has 0 saturated heterocycles. The van der Waals surface area contributed by atoms with Crippen LogP contribution in [0.15, 0.2) is 6.07 Å². The molecule has 104 valence electrons. The average molecular weight is 287 g/mol. The van der Waals surface area contributed by atoms with Crippen LogP contribution in [0.2, 0.25) is 5.15 Å². The van der Waals surface area contributed by atoms with E-state index < -0.39 is 17.9 Å². The van der Waals surface area contributed by atoms with E-state index in [1.807, 2.05) is 0 Å². The minimum absolute atomic E-state index is 0.0390. The average Bonchev–Trinajstić information content (AvgIpc) is 2.34. The van der Waals surface area contributed by atoms with Crippen molar-refractivity contribution in [1.29, 1.82) is 0 Å². The molecule has 0 fully saturated rings. The van der Waals surface area contributed by atoms with Crippen molar-refractivity contribution in [2.24, 2.45) is 5.92 Å². The van der Waals surface area contributed by atoms with Crippen molar-refractivity contribution in [3.63, 3.8) is 0 Å². The monoisotopic (exact) mass is 286 g/mol. The number of esters is 2. The SMILES string of the molecule is CCOC(=O)C(CC)C(=O)Oc1nnc(Cl)cc1C. The van der Waals surface area contributed by atoms with E-state index in [9.17, 15) is 9.59 Å². The molecule has 6 nitrogen and oxygen atoms in total. The Balaban J connectivity index is 2.79. The Morgan fingerprint density at radius 1 is 1.32 bits per heavy atom. The highest BCUT2D eigenvalue weighted by atomic mass is 35.5. The molecule has 0 amide bonds. The van der Waals surface area contributed by atoms with Crippen LogP contribution in [-0.2, 0) is 14.3 Å². The van der Waals surface area contributed by atoms with E-state index in [0.29, 0.717) is 5.56 Å². The minimum atomic E-state index is -0.961. The number of halogens is 1. The zero-order valence-corrected chi connectivity index (χ0v) is 11.7. The summed E-state index contributed by atoms with van der Waals surface area (Å²) >= 11 is 5.65. The van der Waals surface area contributed by atoms with Gasteiger partial charge in [0.15, 0.2) is 11.1 Å². The van der Waals surface area contributed by atoms with Crippen LogP contribution in [0.25, 0.3) is 0 Å². The Labute approximate surface area is 116 Å². The molecule has 1 unspecified atom stereocenters. The van der Waals surface area contributed by atoms with Crippen LogP contribution in [0.1, 0.15) is 25.8 Å². The van der Waals surface area contributed by atoms with E-state index in [1.165, 1.54) is 6.07 Å². The number of aryl methyl sites for hydroxylation is 1. The molecule has 0 spiro atoms. The van der Waals surface area contributed by atoms with Crippen LogP contribution in [-0.4, -0.2) is 28.7 Å². The van der Waals surface area contributed by atoms with Crippen molar-refractivity contribution < 1.29 is 19.1 Å². The third kappa shape index (κ3) is 4.17. The molecule has 0 radical (unpaired) electrons. The van der Waals surface area contributed by atoms with Gasteiger partial charge in [-0.25, -0.2) is 0 Å². The maximum atomic E-state index is 11.9. The maximum absolute atomic E-state index is 11.9. The number of rotatable bonds is 5. The third-order valence-electron chi connectivity index (χ3n) is 2.37. The molecule has 0 aliphatic rings. The summed E-state index contributed by atoms with van der Waals surface area (Å²) in [5.74, 6) is -2.23. The van der Waals surface area contributed by atoms with Crippen molar-refractivity contribution in [3.05, 3.63) is 16.8 Å². The van der Waals surface area contributed by atoms with Crippen LogP contribution >= 0.6 is 11.6 Å². The lowest BCUT2D eigenvalue weighted by atomic mass is 10.1. The number of carbonyl (C=O) groups is 2. The number of aromatic nitrogens is 2. The van der Waals surface area contributed by atoms with Gasteiger partial charge in [-0.05, 0) is 26.3 Å². The van der Waals surface area contributed by atoms with Gasteiger partial charge in [0, 0.05) is 5.56 Å². The van der Waals surface area contributed by atoms with Crippen molar-refractivity contribution in [2.45, 2.75) is 27.2 Å². The smallest absolute Gasteiger partial charge is 0.327 e. The lowest BCUT2D eigenvalue weighted by molar-refractivity contribution is -0.157. The standard InChI is InChI=1S/C12H15ClN2O4/c1-4-8(11(16)18-5-2)12(17)19-10-7(3)6-9(13)14-15-10/h6,8H,4-5H2,1-3H3. The Morgan fingerprint density at radius 3 is 2.53 bits per heavy atom. The summed E-state index contributed by atoms with van der Waals surface area (Å²) in [5, 5.41) is 7.45. The molecule has 1 aromatic heterocycles. The van der Waals surface area contributed by atoms with E-state index >= 15 is 0 Å². The highest BCUT2D eigenvalue weighted by Crippen LogP contribution is 2.18. The third-order valence-corrected chi connectivity index (χ3v) is 2.56. The highest BCUT2D eigenvalue weighted by Gasteiger charge is 2.29. The number of nitrogens with zero attached hydrogens (tertiary/aromatic N) is 2. The predicted molar refractivity (Wildman–Crippen MR) is 67.8 cm³/mol. The van der Waals surface area contributed by atoms with E-state index in [2.05, 4.69) is 10.2 Å².